The maximum atomic E-state index is 10.7. The molecule has 0 saturated heterocycles. The van der Waals surface area contributed by atoms with Gasteiger partial charge in [0.05, 0.1) is 11.8 Å². The fraction of sp³-hybridized carbons (Fsp3) is 0.188. The molecule has 21 heavy (non-hydrogen) atoms. The molecule has 2 aromatic rings. The molecule has 0 heterocycles. The van der Waals surface area contributed by atoms with E-state index in [4.69, 9.17) is 10.5 Å². The summed E-state index contributed by atoms with van der Waals surface area (Å²) in [6.45, 7) is 0.512. The van der Waals surface area contributed by atoms with Crippen molar-refractivity contribution in [1.29, 1.82) is 0 Å². The number of benzene rings is 2. The number of aliphatic hydroxyl groups excluding tert-OH is 1. The lowest BCUT2D eigenvalue weighted by molar-refractivity contribution is -0.105. The molecule has 0 aliphatic rings. The highest BCUT2D eigenvalue weighted by Gasteiger charge is 2.10. The first-order valence-electron chi connectivity index (χ1n) is 6.63. The van der Waals surface area contributed by atoms with Crippen molar-refractivity contribution in [3.05, 3.63) is 59.7 Å². The van der Waals surface area contributed by atoms with Crippen molar-refractivity contribution in [2.75, 3.05) is 11.9 Å². The predicted molar refractivity (Wildman–Crippen MR) is 80.9 cm³/mol. The lowest BCUT2D eigenvalue weighted by atomic mass is 10.1. The third-order valence-corrected chi connectivity index (χ3v) is 3.06. The minimum atomic E-state index is -0.764. The van der Waals surface area contributed by atoms with E-state index >= 15 is 0 Å². The quantitative estimate of drug-likeness (QED) is 0.678. The number of carbonyl (C=O) groups excluding carboxylic acids is 1. The highest BCUT2D eigenvalue weighted by atomic mass is 16.5. The Morgan fingerprint density at radius 1 is 1.24 bits per heavy atom. The number of hydrogen-bond acceptors (Lipinski definition) is 4. The van der Waals surface area contributed by atoms with Crippen molar-refractivity contribution in [3.8, 4) is 5.75 Å². The molecule has 0 spiro atoms. The average Bonchev–Trinajstić information content (AvgIpc) is 2.54. The molecule has 5 heteroatoms. The van der Waals surface area contributed by atoms with Gasteiger partial charge in [-0.2, -0.15) is 0 Å². The standard InChI is InChI=1S/C16H18N2O3/c17-9-15(20)13-6-7-16(14(8-13)18-11-19)21-10-12-4-2-1-3-5-12/h1-8,11,15,20H,9-10,17H2,(H,18,19)/t15-/m0/s1. The van der Waals surface area contributed by atoms with Crippen LogP contribution < -0.4 is 15.8 Å². The maximum Gasteiger partial charge on any atom is 0.211 e. The van der Waals surface area contributed by atoms with Crippen LogP contribution in [0.25, 0.3) is 0 Å². The molecular weight excluding hydrogens is 268 g/mol. The Morgan fingerprint density at radius 2 is 2.00 bits per heavy atom. The number of hydrogen-bond donors (Lipinski definition) is 3. The van der Waals surface area contributed by atoms with Crippen molar-refractivity contribution in [3.63, 3.8) is 0 Å². The highest BCUT2D eigenvalue weighted by Crippen LogP contribution is 2.28. The SMILES string of the molecule is NC[C@H](O)c1ccc(OCc2ccccc2)c(NC=O)c1. The van der Waals surface area contributed by atoms with Crippen molar-refractivity contribution in [2.24, 2.45) is 5.73 Å². The zero-order valence-electron chi connectivity index (χ0n) is 11.5. The van der Waals surface area contributed by atoms with E-state index in [0.717, 1.165) is 5.56 Å². The van der Waals surface area contributed by atoms with E-state index in [0.29, 0.717) is 30.0 Å². The average molecular weight is 286 g/mol. The van der Waals surface area contributed by atoms with E-state index in [2.05, 4.69) is 5.32 Å². The maximum absolute atomic E-state index is 10.7. The largest absolute Gasteiger partial charge is 0.487 e. The van der Waals surface area contributed by atoms with Gasteiger partial charge in [-0.15, -0.1) is 0 Å². The molecule has 2 rings (SSSR count). The summed E-state index contributed by atoms with van der Waals surface area (Å²) in [6.07, 6.45) is -0.191. The van der Waals surface area contributed by atoms with Crippen molar-refractivity contribution < 1.29 is 14.6 Å². The van der Waals surface area contributed by atoms with Gasteiger partial charge in [0.25, 0.3) is 0 Å². The molecule has 5 nitrogen and oxygen atoms in total. The molecular formula is C16H18N2O3. The Kier molecular flexibility index (Phi) is 5.31. The van der Waals surface area contributed by atoms with Gasteiger partial charge in [-0.25, -0.2) is 0 Å². The normalized spacial score (nSPS) is 11.7. The van der Waals surface area contributed by atoms with Gasteiger partial charge < -0.3 is 20.9 Å². The topological polar surface area (TPSA) is 84.6 Å². The van der Waals surface area contributed by atoms with Crippen LogP contribution in [0.15, 0.2) is 48.5 Å². The first-order chi connectivity index (χ1) is 10.2. The second kappa shape index (κ2) is 7.42. The Labute approximate surface area is 123 Å². The number of nitrogens with two attached hydrogens (primary N) is 1. The summed E-state index contributed by atoms with van der Waals surface area (Å²) in [4.78, 5) is 10.7. The Morgan fingerprint density at radius 3 is 2.67 bits per heavy atom. The fourth-order valence-electron chi connectivity index (χ4n) is 1.93. The van der Waals surface area contributed by atoms with Crippen LogP contribution in [0.3, 0.4) is 0 Å². The molecule has 1 amide bonds. The second-order valence-corrected chi connectivity index (χ2v) is 4.54. The van der Waals surface area contributed by atoms with Crippen LogP contribution in [0.4, 0.5) is 5.69 Å². The molecule has 0 bridgehead atoms. The lowest BCUT2D eigenvalue weighted by Crippen LogP contribution is -2.12. The molecule has 0 aromatic heterocycles. The molecule has 0 aliphatic carbocycles. The first-order valence-corrected chi connectivity index (χ1v) is 6.63. The smallest absolute Gasteiger partial charge is 0.211 e. The summed E-state index contributed by atoms with van der Waals surface area (Å²) in [7, 11) is 0. The summed E-state index contributed by atoms with van der Waals surface area (Å²) < 4.78 is 5.71. The summed E-state index contributed by atoms with van der Waals surface area (Å²) in [5.41, 5.74) is 7.60. The highest BCUT2D eigenvalue weighted by molar-refractivity contribution is 5.75. The third kappa shape index (κ3) is 4.05. The lowest BCUT2D eigenvalue weighted by Gasteiger charge is -2.14. The minimum Gasteiger partial charge on any atom is -0.487 e. The van der Waals surface area contributed by atoms with E-state index < -0.39 is 6.10 Å². The van der Waals surface area contributed by atoms with Crippen molar-refractivity contribution in [1.82, 2.24) is 0 Å². The molecule has 0 radical (unpaired) electrons. The molecule has 2 aromatic carbocycles. The summed E-state index contributed by atoms with van der Waals surface area (Å²) >= 11 is 0. The fourth-order valence-corrected chi connectivity index (χ4v) is 1.93. The second-order valence-electron chi connectivity index (χ2n) is 4.54. The molecule has 4 N–H and O–H groups in total. The Hall–Kier alpha value is -2.37. The number of aliphatic hydroxyl groups is 1. The summed E-state index contributed by atoms with van der Waals surface area (Å²) in [6, 6.07) is 14.8. The Bertz CT molecular complexity index is 587. The van der Waals surface area contributed by atoms with E-state index in [-0.39, 0.29) is 6.54 Å². The number of nitrogens with one attached hydrogen (secondary N) is 1. The van der Waals surface area contributed by atoms with Gasteiger partial charge in [-0.1, -0.05) is 36.4 Å². The number of ether oxygens (including phenoxy) is 1. The predicted octanol–water partition coefficient (Wildman–Crippen LogP) is 1.83. The third-order valence-electron chi connectivity index (χ3n) is 3.06. The molecule has 0 unspecified atom stereocenters. The van der Waals surface area contributed by atoms with Gasteiger partial charge in [0.1, 0.15) is 12.4 Å². The first kappa shape index (κ1) is 15.0. The zero-order chi connectivity index (χ0) is 15.1. The van der Waals surface area contributed by atoms with Crippen LogP contribution in [0, 0.1) is 0 Å². The monoisotopic (exact) mass is 286 g/mol. The molecule has 110 valence electrons. The number of anilines is 1. The Balaban J connectivity index is 2.16. The van der Waals surface area contributed by atoms with Gasteiger partial charge in [-0.3, -0.25) is 4.79 Å². The molecule has 0 saturated carbocycles. The van der Waals surface area contributed by atoms with Gasteiger partial charge in [0.15, 0.2) is 0 Å². The van der Waals surface area contributed by atoms with Gasteiger partial charge in [0.2, 0.25) is 6.41 Å². The minimum absolute atomic E-state index is 0.116. The van der Waals surface area contributed by atoms with Gasteiger partial charge >= 0.3 is 0 Å². The summed E-state index contributed by atoms with van der Waals surface area (Å²) in [5, 5.41) is 12.3. The van der Waals surface area contributed by atoms with Crippen LogP contribution in [0.5, 0.6) is 5.75 Å². The van der Waals surface area contributed by atoms with Crippen LogP contribution in [-0.2, 0) is 11.4 Å². The molecule has 1 atom stereocenters. The van der Waals surface area contributed by atoms with E-state index in [1.54, 1.807) is 18.2 Å². The van der Waals surface area contributed by atoms with Crippen LogP contribution in [-0.4, -0.2) is 18.1 Å². The van der Waals surface area contributed by atoms with E-state index in [1.807, 2.05) is 30.3 Å². The van der Waals surface area contributed by atoms with Gasteiger partial charge in [-0.05, 0) is 23.3 Å². The van der Waals surface area contributed by atoms with E-state index in [1.165, 1.54) is 0 Å². The van der Waals surface area contributed by atoms with Crippen molar-refractivity contribution >= 4 is 12.1 Å². The zero-order valence-corrected chi connectivity index (χ0v) is 11.5. The number of rotatable bonds is 7. The van der Waals surface area contributed by atoms with Gasteiger partial charge in [0, 0.05) is 6.54 Å². The van der Waals surface area contributed by atoms with Crippen LogP contribution in [0.2, 0.25) is 0 Å². The molecule has 0 fully saturated rings. The van der Waals surface area contributed by atoms with Crippen LogP contribution >= 0.6 is 0 Å². The molecule has 0 aliphatic heterocycles. The number of carbonyl (C=O) groups is 1. The number of amides is 1. The van der Waals surface area contributed by atoms with Crippen molar-refractivity contribution in [2.45, 2.75) is 12.7 Å². The summed E-state index contributed by atoms with van der Waals surface area (Å²) in [5.74, 6) is 0.541. The van der Waals surface area contributed by atoms with E-state index in [9.17, 15) is 9.90 Å². The van der Waals surface area contributed by atoms with Crippen LogP contribution in [0.1, 0.15) is 17.2 Å².